The quantitative estimate of drug-likeness (QED) is 0.338. The zero-order chi connectivity index (χ0) is 19.6. The smallest absolute Gasteiger partial charge is 0.207 e. The molecule has 1 aromatic rings. The van der Waals surface area contributed by atoms with Gasteiger partial charge in [0.05, 0.1) is 6.61 Å². The van der Waals surface area contributed by atoms with E-state index in [0.717, 1.165) is 30.9 Å². The van der Waals surface area contributed by atoms with Crippen molar-refractivity contribution in [2.75, 3.05) is 33.4 Å². The number of carbonyl (C=O) groups is 1. The van der Waals surface area contributed by atoms with Crippen molar-refractivity contribution < 1.29 is 9.53 Å². The van der Waals surface area contributed by atoms with Crippen molar-refractivity contribution in [3.8, 4) is 0 Å². The number of methoxy groups -OCH3 is 1. The third-order valence-electron chi connectivity index (χ3n) is 4.55. The van der Waals surface area contributed by atoms with Gasteiger partial charge in [-0.15, -0.1) is 0 Å². The Balaban J connectivity index is 3.01. The normalized spacial score (nSPS) is 12.7. The Bertz CT molecular complexity index is 566. The van der Waals surface area contributed by atoms with E-state index in [9.17, 15) is 4.79 Å². The Kier molecular flexibility index (Phi) is 9.92. The van der Waals surface area contributed by atoms with E-state index >= 15 is 0 Å². The van der Waals surface area contributed by atoms with Crippen LogP contribution in [0.1, 0.15) is 39.7 Å². The Morgan fingerprint density at radius 2 is 1.92 bits per heavy atom. The predicted octanol–water partition coefficient (Wildman–Crippen LogP) is 4.04. The van der Waals surface area contributed by atoms with Gasteiger partial charge in [0.2, 0.25) is 6.41 Å². The van der Waals surface area contributed by atoms with E-state index in [0.29, 0.717) is 13.2 Å². The summed E-state index contributed by atoms with van der Waals surface area (Å²) in [4.78, 5) is 13.0. The molecule has 0 saturated heterocycles. The van der Waals surface area contributed by atoms with Gasteiger partial charge >= 0.3 is 0 Å². The zero-order valence-electron chi connectivity index (χ0n) is 16.7. The van der Waals surface area contributed by atoms with Crippen molar-refractivity contribution >= 4 is 18.0 Å². The highest BCUT2D eigenvalue weighted by Crippen LogP contribution is 2.31. The molecule has 26 heavy (non-hydrogen) atoms. The maximum Gasteiger partial charge on any atom is 0.207 e. The molecule has 4 nitrogen and oxygen atoms in total. The molecule has 0 spiro atoms. The van der Waals surface area contributed by atoms with Gasteiger partial charge in [0, 0.05) is 37.8 Å². The minimum Gasteiger partial charge on any atom is -0.383 e. The van der Waals surface area contributed by atoms with Gasteiger partial charge in [0.15, 0.2) is 0 Å². The Labute approximate surface area is 163 Å². The summed E-state index contributed by atoms with van der Waals surface area (Å²) in [6, 6.07) is 8.37. The van der Waals surface area contributed by atoms with Crippen LogP contribution >= 0.6 is 11.6 Å². The van der Waals surface area contributed by atoms with E-state index in [-0.39, 0.29) is 11.5 Å². The van der Waals surface area contributed by atoms with Crippen LogP contribution in [-0.4, -0.2) is 50.7 Å². The molecule has 0 saturated carbocycles. The van der Waals surface area contributed by atoms with E-state index in [1.54, 1.807) is 7.11 Å². The zero-order valence-corrected chi connectivity index (χ0v) is 17.5. The number of nitrogens with zero attached hydrogens (tertiary/aromatic N) is 1. The summed E-state index contributed by atoms with van der Waals surface area (Å²) >= 11 is 6.05. The van der Waals surface area contributed by atoms with Crippen molar-refractivity contribution in [2.45, 2.75) is 45.6 Å². The SMILES string of the molecule is COCCN(CCNC=O)C(C=C(C)C)CC(C)(C)c1ccc(Cl)cc1. The number of hydrogen-bond donors (Lipinski definition) is 1. The molecule has 0 aromatic heterocycles. The molecule has 0 aliphatic rings. The largest absolute Gasteiger partial charge is 0.383 e. The fraction of sp³-hybridized carbons (Fsp3) is 0.571. The van der Waals surface area contributed by atoms with Crippen LogP contribution in [0.25, 0.3) is 0 Å². The van der Waals surface area contributed by atoms with Gasteiger partial charge in [-0.05, 0) is 43.4 Å². The minimum absolute atomic E-state index is 0.00931. The lowest BCUT2D eigenvalue weighted by Crippen LogP contribution is -2.43. The Hall–Kier alpha value is -1.36. The van der Waals surface area contributed by atoms with Gasteiger partial charge in [0.1, 0.15) is 0 Å². The van der Waals surface area contributed by atoms with E-state index in [4.69, 9.17) is 16.3 Å². The van der Waals surface area contributed by atoms with Crippen LogP contribution in [0.4, 0.5) is 0 Å². The molecular weight excluding hydrogens is 348 g/mol. The molecule has 5 heteroatoms. The second kappa shape index (κ2) is 11.4. The molecule has 1 unspecified atom stereocenters. The van der Waals surface area contributed by atoms with Crippen LogP contribution in [0.3, 0.4) is 0 Å². The number of hydrogen-bond acceptors (Lipinski definition) is 3. The summed E-state index contributed by atoms with van der Waals surface area (Å²) in [6.07, 6.45) is 4.03. The van der Waals surface area contributed by atoms with Gasteiger partial charge in [-0.3, -0.25) is 9.69 Å². The van der Waals surface area contributed by atoms with Crippen molar-refractivity contribution in [1.29, 1.82) is 0 Å². The molecule has 146 valence electrons. The van der Waals surface area contributed by atoms with E-state index in [1.165, 1.54) is 11.1 Å². The molecule has 0 heterocycles. The number of nitrogens with one attached hydrogen (secondary N) is 1. The first-order valence-corrected chi connectivity index (χ1v) is 9.49. The van der Waals surface area contributed by atoms with Crippen LogP contribution in [0.5, 0.6) is 0 Å². The molecule has 0 fully saturated rings. The summed E-state index contributed by atoms with van der Waals surface area (Å²) in [5, 5.41) is 3.52. The molecular formula is C21H33ClN2O2. The fourth-order valence-electron chi connectivity index (χ4n) is 3.14. The highest BCUT2D eigenvalue weighted by atomic mass is 35.5. The van der Waals surface area contributed by atoms with Crippen molar-refractivity contribution in [3.63, 3.8) is 0 Å². The molecule has 1 amide bonds. The number of ether oxygens (including phenoxy) is 1. The van der Waals surface area contributed by atoms with E-state index in [1.807, 2.05) is 12.1 Å². The van der Waals surface area contributed by atoms with Crippen molar-refractivity contribution in [1.82, 2.24) is 10.2 Å². The molecule has 0 aliphatic heterocycles. The van der Waals surface area contributed by atoms with Crippen molar-refractivity contribution in [2.24, 2.45) is 0 Å². The molecule has 0 aliphatic carbocycles. The Morgan fingerprint density at radius 3 is 2.46 bits per heavy atom. The first-order chi connectivity index (χ1) is 12.3. The van der Waals surface area contributed by atoms with Gasteiger partial charge in [-0.25, -0.2) is 0 Å². The maximum absolute atomic E-state index is 10.6. The minimum atomic E-state index is -0.00931. The highest BCUT2D eigenvalue weighted by molar-refractivity contribution is 6.30. The average molecular weight is 381 g/mol. The number of carbonyl (C=O) groups excluding carboxylic acids is 1. The van der Waals surface area contributed by atoms with Gasteiger partial charge in [0.25, 0.3) is 0 Å². The molecule has 1 rings (SSSR count). The third kappa shape index (κ3) is 7.90. The second-order valence-electron chi connectivity index (χ2n) is 7.51. The van der Waals surface area contributed by atoms with Crippen LogP contribution in [0.15, 0.2) is 35.9 Å². The van der Waals surface area contributed by atoms with Crippen LogP contribution < -0.4 is 5.32 Å². The number of benzene rings is 1. The van der Waals surface area contributed by atoms with Crippen LogP contribution in [0, 0.1) is 0 Å². The number of allylic oxidation sites excluding steroid dienone is 1. The van der Waals surface area contributed by atoms with E-state index < -0.39 is 0 Å². The average Bonchev–Trinajstić information content (AvgIpc) is 2.57. The molecule has 1 atom stereocenters. The van der Waals surface area contributed by atoms with Crippen LogP contribution in [-0.2, 0) is 14.9 Å². The first kappa shape index (κ1) is 22.7. The maximum atomic E-state index is 10.6. The summed E-state index contributed by atoms with van der Waals surface area (Å²) in [5.74, 6) is 0. The summed E-state index contributed by atoms with van der Waals surface area (Å²) < 4.78 is 5.29. The lowest BCUT2D eigenvalue weighted by Gasteiger charge is -2.36. The third-order valence-corrected chi connectivity index (χ3v) is 4.80. The predicted molar refractivity (Wildman–Crippen MR) is 110 cm³/mol. The first-order valence-electron chi connectivity index (χ1n) is 9.11. The fourth-order valence-corrected chi connectivity index (χ4v) is 3.27. The topological polar surface area (TPSA) is 41.6 Å². The van der Waals surface area contributed by atoms with Gasteiger partial charge < -0.3 is 10.1 Å². The standard InChI is InChI=1S/C21H33ClN2O2/c1-17(2)14-20(24(12-13-26-5)11-10-23-16-25)15-21(3,4)18-6-8-19(22)9-7-18/h6-9,14,16,20H,10-13,15H2,1-5H3,(H,23,25). The molecule has 1 N–H and O–H groups in total. The highest BCUT2D eigenvalue weighted by Gasteiger charge is 2.27. The number of rotatable bonds is 12. The molecule has 1 aromatic carbocycles. The molecule has 0 radical (unpaired) electrons. The monoisotopic (exact) mass is 380 g/mol. The van der Waals surface area contributed by atoms with Gasteiger partial charge in [-0.2, -0.15) is 0 Å². The summed E-state index contributed by atoms with van der Waals surface area (Å²) in [6.45, 7) is 11.7. The summed E-state index contributed by atoms with van der Waals surface area (Å²) in [7, 11) is 1.72. The molecule has 0 bridgehead atoms. The number of amides is 1. The second-order valence-corrected chi connectivity index (χ2v) is 7.94. The number of halogens is 1. The van der Waals surface area contributed by atoms with Crippen LogP contribution in [0.2, 0.25) is 5.02 Å². The summed E-state index contributed by atoms with van der Waals surface area (Å²) in [5.41, 5.74) is 2.55. The van der Waals surface area contributed by atoms with Crippen molar-refractivity contribution in [3.05, 3.63) is 46.5 Å². The van der Waals surface area contributed by atoms with E-state index in [2.05, 4.69) is 56.1 Å². The van der Waals surface area contributed by atoms with Gasteiger partial charge in [-0.1, -0.05) is 49.2 Å². The lowest BCUT2D eigenvalue weighted by molar-refractivity contribution is -0.109. The lowest BCUT2D eigenvalue weighted by atomic mass is 9.78. The Morgan fingerprint density at radius 1 is 1.27 bits per heavy atom.